The minimum Gasteiger partial charge on any atom is -0.325 e. The molecular formula is C23H25N2O3+. The zero-order valence-corrected chi connectivity index (χ0v) is 16.2. The van der Waals surface area contributed by atoms with Crippen LogP contribution in [-0.4, -0.2) is 36.6 Å². The van der Waals surface area contributed by atoms with Gasteiger partial charge in [-0.15, -0.1) is 0 Å². The molecule has 2 aliphatic rings. The van der Waals surface area contributed by atoms with E-state index >= 15 is 0 Å². The van der Waals surface area contributed by atoms with Crippen molar-refractivity contribution in [2.75, 3.05) is 18.4 Å². The monoisotopic (exact) mass is 377 g/mol. The first-order valence-electron chi connectivity index (χ1n) is 9.93. The van der Waals surface area contributed by atoms with Crippen molar-refractivity contribution in [1.29, 1.82) is 0 Å². The number of carbonyl (C=O) groups excluding carboxylic acids is 3. The van der Waals surface area contributed by atoms with Crippen molar-refractivity contribution in [2.45, 2.75) is 32.7 Å². The van der Waals surface area contributed by atoms with Gasteiger partial charge in [0.25, 0.3) is 5.91 Å². The molecule has 5 heteroatoms. The predicted molar refractivity (Wildman–Crippen MR) is 107 cm³/mol. The standard InChI is InChI=1S/C23H24N2O3/c1-14-9-11-25(12-10-14)15(2)23(28)24-16-7-8-19-20(13-16)22(27)18-6-4-3-5-17(18)21(19)26/h3-8,13-15H,9-12H2,1-2H3,(H,24,28)/p+1/t15-/m1/s1. The van der Waals surface area contributed by atoms with Crippen LogP contribution in [0.5, 0.6) is 0 Å². The summed E-state index contributed by atoms with van der Waals surface area (Å²) in [6.45, 7) is 6.21. The number of hydrogen-bond donors (Lipinski definition) is 2. The second kappa shape index (κ2) is 7.32. The Morgan fingerprint density at radius 3 is 2.18 bits per heavy atom. The summed E-state index contributed by atoms with van der Waals surface area (Å²) < 4.78 is 0. The van der Waals surface area contributed by atoms with Gasteiger partial charge in [0, 0.05) is 27.9 Å². The lowest BCUT2D eigenvalue weighted by Gasteiger charge is -2.31. The Labute approximate surface area is 164 Å². The number of fused-ring (bicyclic) bond motifs is 2. The van der Waals surface area contributed by atoms with Gasteiger partial charge in [0.2, 0.25) is 0 Å². The number of hydrogen-bond acceptors (Lipinski definition) is 3. The van der Waals surface area contributed by atoms with E-state index in [1.807, 2.05) is 6.92 Å². The molecule has 5 nitrogen and oxygen atoms in total. The van der Waals surface area contributed by atoms with Gasteiger partial charge in [0.1, 0.15) is 0 Å². The molecule has 0 unspecified atom stereocenters. The van der Waals surface area contributed by atoms with Crippen molar-refractivity contribution in [3.05, 3.63) is 64.7 Å². The van der Waals surface area contributed by atoms with Gasteiger partial charge in [-0.2, -0.15) is 0 Å². The first kappa shape index (κ1) is 18.6. The van der Waals surface area contributed by atoms with Crippen LogP contribution in [0.2, 0.25) is 0 Å². The number of quaternary nitrogens is 1. The average molecular weight is 377 g/mol. The van der Waals surface area contributed by atoms with E-state index in [4.69, 9.17) is 0 Å². The van der Waals surface area contributed by atoms with Crippen molar-refractivity contribution in [3.8, 4) is 0 Å². The van der Waals surface area contributed by atoms with Crippen LogP contribution in [0.4, 0.5) is 5.69 Å². The SMILES string of the molecule is CC1CC[NH+]([C@H](C)C(=O)Nc2ccc3c(c2)C(=O)c2ccccc2C3=O)CC1. The zero-order valence-electron chi connectivity index (χ0n) is 16.2. The van der Waals surface area contributed by atoms with Crippen LogP contribution < -0.4 is 10.2 Å². The van der Waals surface area contributed by atoms with Crippen LogP contribution in [-0.2, 0) is 4.79 Å². The Hall–Kier alpha value is -2.79. The molecule has 0 radical (unpaired) electrons. The van der Waals surface area contributed by atoms with Crippen LogP contribution >= 0.6 is 0 Å². The van der Waals surface area contributed by atoms with Crippen LogP contribution in [0, 0.1) is 5.92 Å². The van der Waals surface area contributed by atoms with Crippen LogP contribution in [0.15, 0.2) is 42.5 Å². The van der Waals surface area contributed by atoms with E-state index in [1.54, 1.807) is 42.5 Å². The van der Waals surface area contributed by atoms with Gasteiger partial charge in [-0.05, 0) is 43.9 Å². The van der Waals surface area contributed by atoms with Crippen LogP contribution in [0.3, 0.4) is 0 Å². The number of nitrogens with one attached hydrogen (secondary N) is 2. The number of rotatable bonds is 3. The van der Waals surface area contributed by atoms with Gasteiger partial charge in [-0.1, -0.05) is 31.2 Å². The van der Waals surface area contributed by atoms with Crippen molar-refractivity contribution < 1.29 is 19.3 Å². The maximum Gasteiger partial charge on any atom is 0.282 e. The molecule has 1 heterocycles. The maximum atomic E-state index is 12.8. The third kappa shape index (κ3) is 3.27. The molecule has 1 amide bonds. The lowest BCUT2D eigenvalue weighted by molar-refractivity contribution is -0.919. The highest BCUT2D eigenvalue weighted by Crippen LogP contribution is 2.29. The van der Waals surface area contributed by atoms with Gasteiger partial charge in [-0.25, -0.2) is 0 Å². The number of ketones is 2. The van der Waals surface area contributed by atoms with Crippen molar-refractivity contribution >= 4 is 23.2 Å². The van der Waals surface area contributed by atoms with Gasteiger partial charge < -0.3 is 10.2 Å². The number of likely N-dealkylation sites (tertiary alicyclic amines) is 1. The highest BCUT2D eigenvalue weighted by atomic mass is 16.2. The summed E-state index contributed by atoms with van der Waals surface area (Å²) in [5, 5.41) is 2.94. The number of anilines is 1. The molecule has 1 fully saturated rings. The third-order valence-electron chi connectivity index (χ3n) is 6.11. The van der Waals surface area contributed by atoms with Gasteiger partial charge in [0.15, 0.2) is 17.6 Å². The summed E-state index contributed by atoms with van der Waals surface area (Å²) in [7, 11) is 0. The van der Waals surface area contributed by atoms with E-state index in [-0.39, 0.29) is 23.5 Å². The topological polar surface area (TPSA) is 67.7 Å². The molecular weight excluding hydrogens is 352 g/mol. The molecule has 2 N–H and O–H groups in total. The number of piperidine rings is 1. The highest BCUT2D eigenvalue weighted by Gasteiger charge is 2.31. The number of carbonyl (C=O) groups is 3. The van der Waals surface area contributed by atoms with E-state index in [0.29, 0.717) is 27.9 Å². The van der Waals surface area contributed by atoms with E-state index in [1.165, 1.54) is 4.90 Å². The molecule has 0 bridgehead atoms. The molecule has 1 aliphatic carbocycles. The van der Waals surface area contributed by atoms with E-state index in [9.17, 15) is 14.4 Å². The first-order valence-corrected chi connectivity index (χ1v) is 9.93. The molecule has 1 aliphatic heterocycles. The molecule has 1 saturated heterocycles. The van der Waals surface area contributed by atoms with E-state index < -0.39 is 0 Å². The van der Waals surface area contributed by atoms with Crippen LogP contribution in [0.1, 0.15) is 58.5 Å². The van der Waals surface area contributed by atoms with Crippen molar-refractivity contribution in [3.63, 3.8) is 0 Å². The van der Waals surface area contributed by atoms with E-state index in [0.717, 1.165) is 31.8 Å². The molecule has 144 valence electrons. The van der Waals surface area contributed by atoms with Gasteiger partial charge in [0.05, 0.1) is 13.1 Å². The fraction of sp³-hybridized carbons (Fsp3) is 0.348. The molecule has 28 heavy (non-hydrogen) atoms. The summed E-state index contributed by atoms with van der Waals surface area (Å²) in [6, 6.07) is 11.7. The van der Waals surface area contributed by atoms with Gasteiger partial charge in [-0.3, -0.25) is 14.4 Å². The number of amides is 1. The quantitative estimate of drug-likeness (QED) is 0.735. The summed E-state index contributed by atoms with van der Waals surface area (Å²) >= 11 is 0. The summed E-state index contributed by atoms with van der Waals surface area (Å²) in [5.74, 6) is 0.346. The minimum absolute atomic E-state index is 0.0560. The Morgan fingerprint density at radius 1 is 0.964 bits per heavy atom. The largest absolute Gasteiger partial charge is 0.325 e. The van der Waals surface area contributed by atoms with Crippen LogP contribution in [0.25, 0.3) is 0 Å². The number of benzene rings is 2. The average Bonchev–Trinajstić information content (AvgIpc) is 2.72. The summed E-state index contributed by atoms with van der Waals surface area (Å²) in [4.78, 5) is 39.5. The summed E-state index contributed by atoms with van der Waals surface area (Å²) in [5.41, 5.74) is 2.16. The van der Waals surface area contributed by atoms with Gasteiger partial charge >= 0.3 is 0 Å². The molecule has 0 saturated carbocycles. The lowest BCUT2D eigenvalue weighted by Crippen LogP contribution is -3.17. The second-order valence-corrected chi connectivity index (χ2v) is 8.02. The zero-order chi connectivity index (χ0) is 19.8. The summed E-state index contributed by atoms with van der Waals surface area (Å²) in [6.07, 6.45) is 2.28. The Balaban J connectivity index is 1.54. The van der Waals surface area contributed by atoms with E-state index in [2.05, 4.69) is 12.2 Å². The fourth-order valence-electron chi connectivity index (χ4n) is 4.18. The first-order chi connectivity index (χ1) is 13.5. The Morgan fingerprint density at radius 2 is 1.54 bits per heavy atom. The molecule has 0 aromatic heterocycles. The normalized spacial score (nSPS) is 22.2. The minimum atomic E-state index is -0.176. The lowest BCUT2D eigenvalue weighted by atomic mass is 9.84. The third-order valence-corrected chi connectivity index (χ3v) is 6.11. The Kier molecular flexibility index (Phi) is 4.85. The van der Waals surface area contributed by atoms with Crippen molar-refractivity contribution in [2.24, 2.45) is 5.92 Å². The Bertz CT molecular complexity index is 958. The molecule has 4 rings (SSSR count). The maximum absolute atomic E-state index is 12.8. The molecule has 1 atom stereocenters. The molecule has 2 aromatic carbocycles. The smallest absolute Gasteiger partial charge is 0.282 e. The second-order valence-electron chi connectivity index (χ2n) is 8.02. The fourth-order valence-corrected chi connectivity index (χ4v) is 4.18. The predicted octanol–water partition coefficient (Wildman–Crippen LogP) is 2.10. The van der Waals surface area contributed by atoms with Crippen molar-refractivity contribution in [1.82, 2.24) is 0 Å². The highest BCUT2D eigenvalue weighted by molar-refractivity contribution is 6.28. The molecule has 0 spiro atoms. The molecule has 2 aromatic rings.